The summed E-state index contributed by atoms with van der Waals surface area (Å²) in [6.07, 6.45) is 4.28. The molecule has 1 N–H and O–H groups in total. The number of allylic oxidation sites excluding steroid dienone is 1. The second kappa shape index (κ2) is 11.2. The summed E-state index contributed by atoms with van der Waals surface area (Å²) in [6, 6.07) is 24.4. The number of nitrogens with one attached hydrogen (secondary N) is 1. The molecule has 3 aromatic carbocycles. The van der Waals surface area contributed by atoms with E-state index >= 15 is 0 Å². The third kappa shape index (κ3) is 5.73. The zero-order valence-corrected chi connectivity index (χ0v) is 21.3. The molecule has 4 nitrogen and oxygen atoms in total. The van der Waals surface area contributed by atoms with Gasteiger partial charge in [-0.05, 0) is 85.2 Å². The molecule has 1 fully saturated rings. The zero-order chi connectivity index (χ0) is 24.9. The molecule has 0 saturated carbocycles. The van der Waals surface area contributed by atoms with Gasteiger partial charge in [0.05, 0.1) is 7.11 Å². The maximum Gasteiger partial charge on any atom is 0.123 e. The van der Waals surface area contributed by atoms with Gasteiger partial charge in [-0.25, -0.2) is 4.39 Å². The number of piperidine rings is 1. The van der Waals surface area contributed by atoms with Crippen molar-refractivity contribution < 1.29 is 9.13 Å². The van der Waals surface area contributed by atoms with Crippen LogP contribution in [0.25, 0.3) is 0 Å². The van der Waals surface area contributed by atoms with Gasteiger partial charge in [0.1, 0.15) is 17.4 Å². The molecule has 0 atom stereocenters. The van der Waals surface area contributed by atoms with Crippen molar-refractivity contribution in [2.24, 2.45) is 0 Å². The average molecular weight is 486 g/mol. The quantitative estimate of drug-likeness (QED) is 0.428. The number of halogens is 1. The van der Waals surface area contributed by atoms with Crippen LogP contribution < -0.4 is 15.0 Å². The molecule has 36 heavy (non-hydrogen) atoms. The van der Waals surface area contributed by atoms with Gasteiger partial charge in [-0.15, -0.1) is 0 Å². The van der Waals surface area contributed by atoms with Crippen LogP contribution in [0.5, 0.6) is 5.75 Å². The predicted molar refractivity (Wildman–Crippen MR) is 145 cm³/mol. The zero-order valence-electron chi connectivity index (χ0n) is 21.3. The Labute approximate surface area is 214 Å². The highest BCUT2D eigenvalue weighted by Crippen LogP contribution is 2.34. The van der Waals surface area contributed by atoms with Crippen LogP contribution in [0, 0.1) is 5.82 Å². The average Bonchev–Trinajstić information content (AvgIpc) is 2.91. The number of fused-ring (bicyclic) bond motifs is 1. The normalized spacial score (nSPS) is 16.7. The third-order valence-corrected chi connectivity index (χ3v) is 7.47. The van der Waals surface area contributed by atoms with Gasteiger partial charge in [-0.3, -0.25) is 0 Å². The highest BCUT2D eigenvalue weighted by molar-refractivity contribution is 5.62. The summed E-state index contributed by atoms with van der Waals surface area (Å²) in [7, 11) is 1.71. The molecular formula is C31H36FN3O. The summed E-state index contributed by atoms with van der Waals surface area (Å²) in [5.41, 5.74) is 6.41. The summed E-state index contributed by atoms with van der Waals surface area (Å²) in [4.78, 5) is 4.97. The van der Waals surface area contributed by atoms with E-state index in [9.17, 15) is 4.39 Å². The molecule has 2 aliphatic heterocycles. The highest BCUT2D eigenvalue weighted by Gasteiger charge is 2.27. The lowest BCUT2D eigenvalue weighted by Gasteiger charge is -2.39. The first-order valence-corrected chi connectivity index (χ1v) is 13.0. The number of likely N-dealkylation sites (tertiary alicyclic amines) is 1. The van der Waals surface area contributed by atoms with E-state index in [0.717, 1.165) is 63.2 Å². The molecule has 5 rings (SSSR count). The molecule has 0 aliphatic carbocycles. The first kappa shape index (κ1) is 24.4. The Morgan fingerprint density at radius 3 is 2.33 bits per heavy atom. The molecule has 3 aromatic rings. The van der Waals surface area contributed by atoms with Crippen LogP contribution in [0.15, 0.2) is 84.2 Å². The van der Waals surface area contributed by atoms with Crippen molar-refractivity contribution in [1.29, 1.82) is 0 Å². The lowest BCUT2D eigenvalue weighted by Crippen LogP contribution is -2.46. The Kier molecular flexibility index (Phi) is 7.57. The summed E-state index contributed by atoms with van der Waals surface area (Å²) >= 11 is 0. The van der Waals surface area contributed by atoms with Gasteiger partial charge >= 0.3 is 0 Å². The smallest absolute Gasteiger partial charge is 0.123 e. The summed E-state index contributed by atoms with van der Waals surface area (Å²) in [5.74, 6) is 1.94. The Hall–Kier alpha value is -3.31. The van der Waals surface area contributed by atoms with Crippen LogP contribution >= 0.6 is 0 Å². The maximum atomic E-state index is 13.5. The number of anilines is 1. The van der Waals surface area contributed by atoms with E-state index in [4.69, 9.17) is 4.74 Å². The van der Waals surface area contributed by atoms with Crippen molar-refractivity contribution in [3.05, 3.63) is 107 Å². The minimum absolute atomic E-state index is 0.193. The van der Waals surface area contributed by atoms with Gasteiger partial charge in [0, 0.05) is 37.9 Å². The van der Waals surface area contributed by atoms with E-state index in [0.29, 0.717) is 6.04 Å². The van der Waals surface area contributed by atoms with Gasteiger partial charge in [-0.1, -0.05) is 42.5 Å². The fraction of sp³-hybridized carbons (Fsp3) is 0.355. The Morgan fingerprint density at radius 2 is 1.61 bits per heavy atom. The number of ether oxygens (including phenoxy) is 1. The van der Waals surface area contributed by atoms with Crippen molar-refractivity contribution in [3.8, 4) is 5.75 Å². The van der Waals surface area contributed by atoms with Crippen LogP contribution in [0.4, 0.5) is 10.1 Å². The van der Waals surface area contributed by atoms with E-state index in [2.05, 4.69) is 58.4 Å². The van der Waals surface area contributed by atoms with E-state index in [-0.39, 0.29) is 5.82 Å². The van der Waals surface area contributed by atoms with E-state index in [1.54, 1.807) is 19.2 Å². The van der Waals surface area contributed by atoms with Crippen molar-refractivity contribution >= 4 is 5.69 Å². The standard InChI is InChI=1S/C31H36FN3O/c1-23-21-26-5-3-4-6-30(26)35(22-25-7-11-27(32)12-8-25)31(23)33-28-16-19-34(20-17-28)18-15-24-9-13-29(36-2)14-10-24/h3-14,28,33H,15-22H2,1-2H3. The number of rotatable bonds is 8. The molecule has 0 radical (unpaired) electrons. The Morgan fingerprint density at radius 1 is 0.917 bits per heavy atom. The monoisotopic (exact) mass is 485 g/mol. The van der Waals surface area contributed by atoms with Gasteiger partial charge in [0.25, 0.3) is 0 Å². The van der Waals surface area contributed by atoms with E-state index in [1.807, 2.05) is 24.3 Å². The molecule has 2 aliphatic rings. The second-order valence-electron chi connectivity index (χ2n) is 10.0. The van der Waals surface area contributed by atoms with Crippen molar-refractivity contribution in [2.45, 2.75) is 45.2 Å². The maximum absolute atomic E-state index is 13.5. The number of methoxy groups -OCH3 is 1. The van der Waals surface area contributed by atoms with Gasteiger partial charge in [-0.2, -0.15) is 0 Å². The third-order valence-electron chi connectivity index (χ3n) is 7.47. The van der Waals surface area contributed by atoms with Crippen LogP contribution in [0.2, 0.25) is 0 Å². The number of hydrogen-bond donors (Lipinski definition) is 1. The fourth-order valence-electron chi connectivity index (χ4n) is 5.36. The van der Waals surface area contributed by atoms with Gasteiger partial charge < -0.3 is 19.9 Å². The van der Waals surface area contributed by atoms with Crippen LogP contribution in [-0.2, 0) is 19.4 Å². The molecule has 0 amide bonds. The van der Waals surface area contributed by atoms with Crippen LogP contribution in [-0.4, -0.2) is 37.7 Å². The topological polar surface area (TPSA) is 27.7 Å². The minimum Gasteiger partial charge on any atom is -0.497 e. The molecule has 0 spiro atoms. The summed E-state index contributed by atoms with van der Waals surface area (Å²) < 4.78 is 18.8. The van der Waals surface area contributed by atoms with E-state index < -0.39 is 0 Å². The molecule has 1 saturated heterocycles. The summed E-state index contributed by atoms with van der Waals surface area (Å²) in [6.45, 7) is 6.26. The molecule has 0 unspecified atom stereocenters. The first-order valence-electron chi connectivity index (χ1n) is 13.0. The first-order chi connectivity index (χ1) is 17.6. The Balaban J connectivity index is 1.22. The fourth-order valence-corrected chi connectivity index (χ4v) is 5.36. The minimum atomic E-state index is -0.193. The number of nitrogens with zero attached hydrogens (tertiary/aromatic N) is 2. The molecule has 0 aromatic heterocycles. The Bertz CT molecular complexity index is 1180. The highest BCUT2D eigenvalue weighted by atomic mass is 19.1. The lowest BCUT2D eigenvalue weighted by molar-refractivity contribution is 0.204. The molecule has 2 heterocycles. The SMILES string of the molecule is COc1ccc(CCN2CCC(NC3=C(C)Cc4ccccc4N3Cc3ccc(F)cc3)CC2)cc1. The molecule has 188 valence electrons. The van der Waals surface area contributed by atoms with Crippen molar-refractivity contribution in [3.63, 3.8) is 0 Å². The van der Waals surface area contributed by atoms with Gasteiger partial charge in [0.2, 0.25) is 0 Å². The number of benzene rings is 3. The number of para-hydroxylation sites is 1. The second-order valence-corrected chi connectivity index (χ2v) is 10.0. The van der Waals surface area contributed by atoms with Crippen LogP contribution in [0.3, 0.4) is 0 Å². The molecule has 0 bridgehead atoms. The van der Waals surface area contributed by atoms with Gasteiger partial charge in [0.15, 0.2) is 0 Å². The molecule has 5 heteroatoms. The summed E-state index contributed by atoms with van der Waals surface area (Å²) in [5, 5.41) is 3.93. The van der Waals surface area contributed by atoms with E-state index in [1.165, 1.54) is 28.2 Å². The molecular weight excluding hydrogens is 449 g/mol. The van der Waals surface area contributed by atoms with Crippen LogP contribution in [0.1, 0.15) is 36.5 Å². The van der Waals surface area contributed by atoms with Crippen molar-refractivity contribution in [2.75, 3.05) is 31.6 Å². The largest absolute Gasteiger partial charge is 0.497 e. The predicted octanol–water partition coefficient (Wildman–Crippen LogP) is 5.93. The number of hydrogen-bond acceptors (Lipinski definition) is 4. The van der Waals surface area contributed by atoms with Crippen molar-refractivity contribution in [1.82, 2.24) is 10.2 Å². The lowest BCUT2D eigenvalue weighted by atomic mass is 9.97.